The Hall–Kier alpha value is -2.47. The first-order valence-corrected chi connectivity index (χ1v) is 10.5. The van der Waals surface area contributed by atoms with E-state index in [4.69, 9.17) is 0 Å². The molecule has 1 aliphatic rings. The molecule has 1 aromatic carbocycles. The lowest BCUT2D eigenvalue weighted by Gasteiger charge is -2.12. The highest BCUT2D eigenvalue weighted by molar-refractivity contribution is 7.99. The smallest absolute Gasteiger partial charge is 0.191 e. The third-order valence-corrected chi connectivity index (χ3v) is 6.33. The van der Waals surface area contributed by atoms with E-state index >= 15 is 0 Å². The average Bonchev–Trinajstić information content (AvgIpc) is 3.45. The Balaban J connectivity index is 1.48. The number of hydrogen-bond acceptors (Lipinski definition) is 5. The van der Waals surface area contributed by atoms with Gasteiger partial charge in [0.2, 0.25) is 0 Å². The quantitative estimate of drug-likeness (QED) is 0.432. The molecule has 1 atom stereocenters. The first kappa shape index (κ1) is 18.9. The highest BCUT2D eigenvalue weighted by atomic mass is 32.2. The third kappa shape index (κ3) is 4.17. The topological polar surface area (TPSA) is 60.7 Å². The number of aromatic nitrogens is 4. The molecule has 5 nitrogen and oxygen atoms in total. The maximum absolute atomic E-state index is 12.8. The predicted molar refractivity (Wildman–Crippen MR) is 111 cm³/mol. The zero-order valence-corrected chi connectivity index (χ0v) is 17.2. The number of carbonyl (C=O) groups is 1. The van der Waals surface area contributed by atoms with Crippen molar-refractivity contribution in [3.8, 4) is 0 Å². The molecular weight excluding hydrogens is 368 g/mol. The first-order chi connectivity index (χ1) is 13.5. The standard InChI is InChI=1S/C22H24N4OS/c1-14-7-10-19(24-21(14)17-8-9-17)20(27)12-16-5-4-6-18(11-16)15(2)28-22-25-23-13-26(22)3/h4-7,10-11,13,15,17H,8-9,12H2,1-3H3/t15-/m0/s1. The number of hydrogen-bond donors (Lipinski definition) is 0. The SMILES string of the molecule is Cc1ccc(C(=O)Cc2cccc([C@H](C)Sc3nncn3C)c2)nc1C1CC1. The van der Waals surface area contributed by atoms with Gasteiger partial charge in [-0.05, 0) is 49.4 Å². The predicted octanol–water partition coefficient (Wildman–Crippen LogP) is 4.67. The number of rotatable bonds is 7. The third-order valence-electron chi connectivity index (χ3n) is 5.12. The Morgan fingerprint density at radius 3 is 2.82 bits per heavy atom. The van der Waals surface area contributed by atoms with E-state index in [1.807, 2.05) is 35.9 Å². The lowest BCUT2D eigenvalue weighted by atomic mass is 10.0. The van der Waals surface area contributed by atoms with Gasteiger partial charge in [-0.25, -0.2) is 4.98 Å². The Morgan fingerprint density at radius 1 is 1.29 bits per heavy atom. The van der Waals surface area contributed by atoms with E-state index < -0.39 is 0 Å². The molecule has 3 aromatic rings. The van der Waals surface area contributed by atoms with Crippen molar-refractivity contribution in [2.24, 2.45) is 7.05 Å². The molecule has 1 aliphatic carbocycles. The van der Waals surface area contributed by atoms with Crippen LogP contribution in [0.2, 0.25) is 0 Å². The molecule has 0 saturated heterocycles. The van der Waals surface area contributed by atoms with Gasteiger partial charge in [0.25, 0.3) is 0 Å². The van der Waals surface area contributed by atoms with Gasteiger partial charge in [0.15, 0.2) is 10.9 Å². The fourth-order valence-corrected chi connectivity index (χ4v) is 4.21. The lowest BCUT2D eigenvalue weighted by molar-refractivity contribution is 0.0988. The van der Waals surface area contributed by atoms with Gasteiger partial charge in [-0.1, -0.05) is 42.1 Å². The van der Waals surface area contributed by atoms with Crippen LogP contribution in [0.15, 0.2) is 47.9 Å². The second-order valence-electron chi connectivity index (χ2n) is 7.50. The zero-order valence-electron chi connectivity index (χ0n) is 16.4. The van der Waals surface area contributed by atoms with Crippen molar-refractivity contribution < 1.29 is 4.79 Å². The number of thioether (sulfide) groups is 1. The van der Waals surface area contributed by atoms with Crippen LogP contribution in [0.4, 0.5) is 0 Å². The molecule has 144 valence electrons. The number of ketones is 1. The number of Topliss-reactive ketones (excluding diaryl/α,β-unsaturated/α-hetero) is 1. The average molecular weight is 393 g/mol. The van der Waals surface area contributed by atoms with Crippen molar-refractivity contribution in [2.75, 3.05) is 0 Å². The van der Waals surface area contributed by atoms with Crippen LogP contribution in [0.3, 0.4) is 0 Å². The number of benzene rings is 1. The summed E-state index contributed by atoms with van der Waals surface area (Å²) < 4.78 is 1.91. The van der Waals surface area contributed by atoms with Gasteiger partial charge in [-0.15, -0.1) is 10.2 Å². The summed E-state index contributed by atoms with van der Waals surface area (Å²) in [6.07, 6.45) is 4.45. The van der Waals surface area contributed by atoms with Crippen molar-refractivity contribution in [2.45, 2.75) is 49.4 Å². The van der Waals surface area contributed by atoms with Crippen LogP contribution in [-0.2, 0) is 13.5 Å². The monoisotopic (exact) mass is 392 g/mol. The van der Waals surface area contributed by atoms with E-state index in [1.165, 1.54) is 24.0 Å². The molecule has 0 amide bonds. The van der Waals surface area contributed by atoms with Crippen LogP contribution in [0, 0.1) is 6.92 Å². The van der Waals surface area contributed by atoms with Crippen molar-refractivity contribution in [1.29, 1.82) is 0 Å². The van der Waals surface area contributed by atoms with Gasteiger partial charge < -0.3 is 4.57 Å². The number of carbonyl (C=O) groups excluding carboxylic acids is 1. The van der Waals surface area contributed by atoms with Crippen molar-refractivity contribution >= 4 is 17.5 Å². The minimum atomic E-state index is 0.0765. The largest absolute Gasteiger partial charge is 0.312 e. The summed E-state index contributed by atoms with van der Waals surface area (Å²) in [6, 6.07) is 12.1. The van der Waals surface area contributed by atoms with Crippen LogP contribution in [0.25, 0.3) is 0 Å². The minimum Gasteiger partial charge on any atom is -0.312 e. The van der Waals surface area contributed by atoms with Crippen molar-refractivity contribution in [3.63, 3.8) is 0 Å². The van der Waals surface area contributed by atoms with Crippen LogP contribution < -0.4 is 0 Å². The number of aryl methyl sites for hydroxylation is 2. The van der Waals surface area contributed by atoms with Crippen LogP contribution in [0.1, 0.15) is 63.8 Å². The summed E-state index contributed by atoms with van der Waals surface area (Å²) in [6.45, 7) is 4.22. The summed E-state index contributed by atoms with van der Waals surface area (Å²) in [4.78, 5) is 17.5. The Kier molecular flexibility index (Phi) is 5.31. The molecule has 4 rings (SSSR count). The second kappa shape index (κ2) is 7.87. The van der Waals surface area contributed by atoms with Gasteiger partial charge in [-0.3, -0.25) is 4.79 Å². The number of pyridine rings is 1. The van der Waals surface area contributed by atoms with Crippen LogP contribution in [0.5, 0.6) is 0 Å². The maximum atomic E-state index is 12.8. The summed E-state index contributed by atoms with van der Waals surface area (Å²) in [7, 11) is 1.94. The second-order valence-corrected chi connectivity index (χ2v) is 8.81. The molecule has 0 aliphatic heterocycles. The summed E-state index contributed by atoms with van der Waals surface area (Å²) in [5.74, 6) is 0.627. The Labute approximate surface area is 169 Å². The summed E-state index contributed by atoms with van der Waals surface area (Å²) in [5, 5.41) is 9.17. The summed E-state index contributed by atoms with van der Waals surface area (Å²) in [5.41, 5.74) is 5.07. The molecule has 1 fully saturated rings. The van der Waals surface area contributed by atoms with E-state index in [9.17, 15) is 4.79 Å². The minimum absolute atomic E-state index is 0.0765. The molecule has 0 bridgehead atoms. The fourth-order valence-electron chi connectivity index (χ4n) is 3.31. The van der Waals surface area contributed by atoms with E-state index in [0.717, 1.165) is 16.4 Å². The van der Waals surface area contributed by atoms with Gasteiger partial charge in [0, 0.05) is 30.3 Å². The molecule has 0 spiro atoms. The van der Waals surface area contributed by atoms with Gasteiger partial charge in [0.1, 0.15) is 12.0 Å². The molecule has 0 radical (unpaired) electrons. The van der Waals surface area contributed by atoms with Crippen LogP contribution in [-0.4, -0.2) is 25.5 Å². The molecular formula is C22H24N4OS. The van der Waals surface area contributed by atoms with Crippen molar-refractivity contribution in [3.05, 3.63) is 70.8 Å². The molecule has 0 N–H and O–H groups in total. The highest BCUT2D eigenvalue weighted by Crippen LogP contribution is 2.40. The normalized spacial score (nSPS) is 14.8. The van der Waals surface area contributed by atoms with Gasteiger partial charge in [0.05, 0.1) is 0 Å². The lowest BCUT2D eigenvalue weighted by Crippen LogP contribution is -2.08. The Bertz CT molecular complexity index is 1010. The number of nitrogens with zero attached hydrogens (tertiary/aromatic N) is 4. The van der Waals surface area contributed by atoms with Crippen molar-refractivity contribution in [1.82, 2.24) is 19.7 Å². The zero-order chi connectivity index (χ0) is 19.7. The van der Waals surface area contributed by atoms with E-state index in [0.29, 0.717) is 18.0 Å². The molecule has 2 heterocycles. The van der Waals surface area contributed by atoms with Crippen LogP contribution >= 0.6 is 11.8 Å². The highest BCUT2D eigenvalue weighted by Gasteiger charge is 2.27. The van der Waals surface area contributed by atoms with E-state index in [1.54, 1.807) is 18.1 Å². The van der Waals surface area contributed by atoms with Gasteiger partial charge in [-0.2, -0.15) is 0 Å². The molecule has 2 aromatic heterocycles. The molecule has 0 unspecified atom stereocenters. The van der Waals surface area contributed by atoms with E-state index in [-0.39, 0.29) is 11.0 Å². The Morgan fingerprint density at radius 2 is 2.11 bits per heavy atom. The molecule has 1 saturated carbocycles. The molecule has 6 heteroatoms. The maximum Gasteiger partial charge on any atom is 0.191 e. The molecule has 28 heavy (non-hydrogen) atoms. The fraction of sp³-hybridized carbons (Fsp3) is 0.364. The first-order valence-electron chi connectivity index (χ1n) is 9.61. The van der Waals surface area contributed by atoms with E-state index in [2.05, 4.69) is 41.2 Å². The summed E-state index contributed by atoms with van der Waals surface area (Å²) >= 11 is 1.66. The van der Waals surface area contributed by atoms with Gasteiger partial charge >= 0.3 is 0 Å².